The normalized spacial score (nSPS) is 20.1. The zero-order valence-electron chi connectivity index (χ0n) is 25.6. The molecule has 3 fully saturated rings. The van der Waals surface area contributed by atoms with E-state index in [0.29, 0.717) is 23.0 Å². The zero-order chi connectivity index (χ0) is 29.8. The van der Waals surface area contributed by atoms with E-state index in [1.807, 2.05) is 16.9 Å². The molecule has 11 heteroatoms. The molecular formula is C32H45F2N9. The second-order valence-corrected chi connectivity index (χ2v) is 12.4. The number of rotatable bonds is 9. The van der Waals surface area contributed by atoms with Gasteiger partial charge in [0.2, 0.25) is 5.95 Å². The highest BCUT2D eigenvalue weighted by molar-refractivity contribution is 5.63. The number of anilines is 3. The van der Waals surface area contributed by atoms with Gasteiger partial charge in [0, 0.05) is 69.8 Å². The summed E-state index contributed by atoms with van der Waals surface area (Å²) in [6.07, 6.45) is 11.7. The van der Waals surface area contributed by atoms with Gasteiger partial charge in [0.15, 0.2) is 5.82 Å². The largest absolute Gasteiger partial charge is 0.366 e. The Hall–Kier alpha value is -3.15. The van der Waals surface area contributed by atoms with E-state index < -0.39 is 5.82 Å². The van der Waals surface area contributed by atoms with E-state index in [2.05, 4.69) is 54.0 Å². The van der Waals surface area contributed by atoms with Crippen LogP contribution < -0.4 is 10.2 Å². The summed E-state index contributed by atoms with van der Waals surface area (Å²) in [4.78, 5) is 13.2. The Morgan fingerprint density at radius 1 is 0.884 bits per heavy atom. The lowest BCUT2D eigenvalue weighted by Gasteiger charge is -2.44. The standard InChI is InChI=1S/C32H45F2N9/c1-3-4-11-39-12-9-27(10-13-39)43-23-25(21-36-43)31-29(34)22-35-32(38-31)37-26-5-6-30(28(33)20-26)40-16-18-42(19-17-40)41-14-7-24(2)8-15-41/h5-6,20-24,27H,3-4,7-19H2,1-2H3,(H,35,37,38). The Bertz CT molecular complexity index is 1340. The number of unbranched alkanes of at least 4 members (excludes halogenated alkanes) is 1. The van der Waals surface area contributed by atoms with Crippen LogP contribution in [0.5, 0.6) is 0 Å². The molecule has 3 aromatic rings. The van der Waals surface area contributed by atoms with Crippen LogP contribution in [0.25, 0.3) is 11.3 Å². The smallest absolute Gasteiger partial charge is 0.227 e. The average Bonchev–Trinajstić information content (AvgIpc) is 3.52. The quantitative estimate of drug-likeness (QED) is 0.346. The monoisotopic (exact) mass is 593 g/mol. The highest BCUT2D eigenvalue weighted by Crippen LogP contribution is 2.29. The Balaban J connectivity index is 1.06. The van der Waals surface area contributed by atoms with E-state index in [0.717, 1.165) is 83.9 Å². The predicted molar refractivity (Wildman–Crippen MR) is 166 cm³/mol. The number of nitrogens with zero attached hydrogens (tertiary/aromatic N) is 8. The number of hydrogen-bond acceptors (Lipinski definition) is 8. The van der Waals surface area contributed by atoms with Crippen molar-refractivity contribution in [2.24, 2.45) is 5.92 Å². The minimum atomic E-state index is -0.515. The summed E-state index contributed by atoms with van der Waals surface area (Å²) < 4.78 is 32.1. The van der Waals surface area contributed by atoms with Crippen molar-refractivity contribution in [3.63, 3.8) is 0 Å². The van der Waals surface area contributed by atoms with Gasteiger partial charge in [0.1, 0.15) is 11.5 Å². The third-order valence-electron chi connectivity index (χ3n) is 9.34. The van der Waals surface area contributed by atoms with E-state index in [4.69, 9.17) is 0 Å². The lowest BCUT2D eigenvalue weighted by atomic mass is 10.0. The number of likely N-dealkylation sites (tertiary alicyclic amines) is 1. The van der Waals surface area contributed by atoms with Crippen molar-refractivity contribution in [2.45, 2.75) is 58.4 Å². The number of piperazine rings is 1. The molecule has 9 nitrogen and oxygen atoms in total. The van der Waals surface area contributed by atoms with Gasteiger partial charge in [-0.15, -0.1) is 0 Å². The first kappa shape index (κ1) is 29.9. The fourth-order valence-electron chi connectivity index (χ4n) is 6.55. The maximum atomic E-state index is 15.3. The summed E-state index contributed by atoms with van der Waals surface area (Å²) in [6, 6.07) is 5.39. The predicted octanol–water partition coefficient (Wildman–Crippen LogP) is 5.57. The minimum Gasteiger partial charge on any atom is -0.366 e. The summed E-state index contributed by atoms with van der Waals surface area (Å²) >= 11 is 0. The van der Waals surface area contributed by atoms with Crippen molar-refractivity contribution in [2.75, 3.05) is 69.1 Å². The van der Waals surface area contributed by atoms with Crippen molar-refractivity contribution in [1.29, 1.82) is 0 Å². The van der Waals surface area contributed by atoms with Crippen LogP contribution in [0, 0.1) is 17.6 Å². The SMILES string of the molecule is CCCCN1CCC(n2cc(-c3nc(Nc4ccc(N5CCN(N6CCC(C)CC6)CC5)c(F)c4)ncc3F)cn2)CC1. The molecule has 2 aromatic heterocycles. The summed E-state index contributed by atoms with van der Waals surface area (Å²) in [5, 5.41) is 12.5. The van der Waals surface area contributed by atoms with Crippen molar-refractivity contribution in [1.82, 2.24) is 34.7 Å². The molecule has 0 spiro atoms. The van der Waals surface area contributed by atoms with Crippen molar-refractivity contribution in [3.05, 3.63) is 48.4 Å². The molecule has 0 radical (unpaired) electrons. The molecule has 232 valence electrons. The van der Waals surface area contributed by atoms with E-state index in [-0.39, 0.29) is 17.5 Å². The molecule has 0 atom stereocenters. The highest BCUT2D eigenvalue weighted by Gasteiger charge is 2.26. The third kappa shape index (κ3) is 7.16. The Kier molecular flexibility index (Phi) is 9.49. The first-order valence-electron chi connectivity index (χ1n) is 16.1. The highest BCUT2D eigenvalue weighted by atomic mass is 19.1. The lowest BCUT2D eigenvalue weighted by Crippen LogP contribution is -2.55. The van der Waals surface area contributed by atoms with Crippen LogP contribution in [0.15, 0.2) is 36.8 Å². The first-order chi connectivity index (χ1) is 21.0. The summed E-state index contributed by atoms with van der Waals surface area (Å²) in [5.74, 6) is 0.205. The van der Waals surface area contributed by atoms with Gasteiger partial charge < -0.3 is 15.1 Å². The van der Waals surface area contributed by atoms with Crippen LogP contribution in [0.1, 0.15) is 58.4 Å². The van der Waals surface area contributed by atoms with Crippen molar-refractivity contribution < 1.29 is 8.78 Å². The topological polar surface area (TPSA) is 68.6 Å². The molecule has 0 aliphatic carbocycles. The molecule has 6 rings (SSSR count). The molecule has 3 aliphatic heterocycles. The van der Waals surface area contributed by atoms with E-state index in [1.54, 1.807) is 12.3 Å². The van der Waals surface area contributed by atoms with Crippen molar-refractivity contribution >= 4 is 17.3 Å². The molecule has 3 saturated heterocycles. The maximum absolute atomic E-state index is 15.3. The maximum Gasteiger partial charge on any atom is 0.227 e. The van der Waals surface area contributed by atoms with Gasteiger partial charge in [-0.25, -0.2) is 28.8 Å². The molecule has 5 heterocycles. The van der Waals surface area contributed by atoms with Crippen LogP contribution in [0.4, 0.5) is 26.1 Å². The second-order valence-electron chi connectivity index (χ2n) is 12.4. The summed E-state index contributed by atoms with van der Waals surface area (Å²) in [5.41, 5.74) is 1.91. The summed E-state index contributed by atoms with van der Waals surface area (Å²) in [6.45, 7) is 13.4. The van der Waals surface area contributed by atoms with Gasteiger partial charge in [-0.3, -0.25) is 4.68 Å². The van der Waals surface area contributed by atoms with Gasteiger partial charge in [-0.1, -0.05) is 20.3 Å². The molecule has 1 N–H and O–H groups in total. The molecule has 0 unspecified atom stereocenters. The number of hydrogen-bond donors (Lipinski definition) is 1. The van der Waals surface area contributed by atoms with Gasteiger partial charge in [-0.2, -0.15) is 5.10 Å². The van der Waals surface area contributed by atoms with Gasteiger partial charge in [-0.05, 0) is 62.8 Å². The Labute approximate surface area is 253 Å². The molecule has 43 heavy (non-hydrogen) atoms. The number of nitrogens with one attached hydrogen (secondary N) is 1. The average molecular weight is 594 g/mol. The molecule has 0 amide bonds. The Morgan fingerprint density at radius 3 is 2.35 bits per heavy atom. The summed E-state index contributed by atoms with van der Waals surface area (Å²) in [7, 11) is 0. The van der Waals surface area contributed by atoms with Crippen LogP contribution in [-0.2, 0) is 0 Å². The third-order valence-corrected chi connectivity index (χ3v) is 9.34. The number of benzene rings is 1. The lowest BCUT2D eigenvalue weighted by molar-refractivity contribution is -0.0510. The Morgan fingerprint density at radius 2 is 1.63 bits per heavy atom. The molecule has 0 bridgehead atoms. The van der Waals surface area contributed by atoms with Gasteiger partial charge >= 0.3 is 0 Å². The minimum absolute atomic E-state index is 0.183. The first-order valence-corrected chi connectivity index (χ1v) is 16.1. The van der Waals surface area contributed by atoms with Crippen molar-refractivity contribution in [3.8, 4) is 11.3 Å². The molecule has 3 aliphatic rings. The molecule has 0 saturated carbocycles. The number of piperidine rings is 2. The van der Waals surface area contributed by atoms with Gasteiger partial charge in [0.05, 0.1) is 24.1 Å². The number of aromatic nitrogens is 4. The zero-order valence-corrected chi connectivity index (χ0v) is 25.6. The second kappa shape index (κ2) is 13.7. The fraction of sp³-hybridized carbons (Fsp3) is 0.594. The van der Waals surface area contributed by atoms with Crippen LogP contribution in [0.3, 0.4) is 0 Å². The van der Waals surface area contributed by atoms with Crippen LogP contribution in [0.2, 0.25) is 0 Å². The number of halogens is 2. The number of hydrazine groups is 1. The molecule has 1 aromatic carbocycles. The van der Waals surface area contributed by atoms with E-state index in [9.17, 15) is 4.39 Å². The van der Waals surface area contributed by atoms with Crippen LogP contribution >= 0.6 is 0 Å². The van der Waals surface area contributed by atoms with E-state index >= 15 is 4.39 Å². The fourth-order valence-corrected chi connectivity index (χ4v) is 6.55. The van der Waals surface area contributed by atoms with Gasteiger partial charge in [0.25, 0.3) is 0 Å². The molecular weight excluding hydrogens is 548 g/mol. The van der Waals surface area contributed by atoms with Crippen LogP contribution in [-0.4, -0.2) is 93.6 Å². The van der Waals surface area contributed by atoms with E-state index in [1.165, 1.54) is 31.7 Å².